The third-order valence-corrected chi connectivity index (χ3v) is 10.0. The van der Waals surface area contributed by atoms with Crippen molar-refractivity contribution in [2.24, 2.45) is 28.6 Å². The monoisotopic (exact) mass is 384 g/mol. The van der Waals surface area contributed by atoms with E-state index in [0.29, 0.717) is 16.7 Å². The zero-order valence-corrected chi connectivity index (χ0v) is 17.2. The van der Waals surface area contributed by atoms with Crippen molar-refractivity contribution in [3.63, 3.8) is 0 Å². The van der Waals surface area contributed by atoms with Gasteiger partial charge in [-0.05, 0) is 74.5 Å². The SMILES string of the molecule is CC[C@@H](Br)[C@]1(C)O[C@H]2C[C@@]34C[C@H](C(C)(C)[C@@H]3CC[C@H]4C)[C@@]2(C)O1. The van der Waals surface area contributed by atoms with Crippen LogP contribution < -0.4 is 0 Å². The Kier molecular flexibility index (Phi) is 3.49. The van der Waals surface area contributed by atoms with Crippen molar-refractivity contribution in [3.8, 4) is 0 Å². The van der Waals surface area contributed by atoms with E-state index in [4.69, 9.17) is 9.47 Å². The van der Waals surface area contributed by atoms with E-state index in [2.05, 4.69) is 57.5 Å². The van der Waals surface area contributed by atoms with Gasteiger partial charge in [0.1, 0.15) is 0 Å². The predicted octanol–water partition coefficient (Wildman–Crippen LogP) is 5.53. The van der Waals surface area contributed by atoms with Crippen LogP contribution in [0.15, 0.2) is 0 Å². The Balaban J connectivity index is 1.75. The lowest BCUT2D eigenvalue weighted by Crippen LogP contribution is -2.52. The molecule has 2 bridgehead atoms. The van der Waals surface area contributed by atoms with E-state index in [-0.39, 0.29) is 16.5 Å². The first kappa shape index (κ1) is 16.8. The summed E-state index contributed by atoms with van der Waals surface area (Å²) in [5.74, 6) is 1.81. The predicted molar refractivity (Wildman–Crippen MR) is 96.6 cm³/mol. The van der Waals surface area contributed by atoms with E-state index in [1.165, 1.54) is 25.7 Å². The molecule has 3 heteroatoms. The van der Waals surface area contributed by atoms with E-state index < -0.39 is 5.79 Å². The van der Waals surface area contributed by atoms with Crippen molar-refractivity contribution in [3.05, 3.63) is 0 Å². The van der Waals surface area contributed by atoms with Crippen molar-refractivity contribution < 1.29 is 9.47 Å². The Morgan fingerprint density at radius 3 is 2.43 bits per heavy atom. The van der Waals surface area contributed by atoms with E-state index >= 15 is 0 Å². The van der Waals surface area contributed by atoms with Gasteiger partial charge in [0, 0.05) is 0 Å². The summed E-state index contributed by atoms with van der Waals surface area (Å²) in [7, 11) is 0. The first-order chi connectivity index (χ1) is 10.6. The fourth-order valence-corrected chi connectivity index (χ4v) is 7.57. The highest BCUT2D eigenvalue weighted by Crippen LogP contribution is 2.75. The highest BCUT2D eigenvalue weighted by molar-refractivity contribution is 9.09. The maximum absolute atomic E-state index is 6.79. The second kappa shape index (κ2) is 4.76. The smallest absolute Gasteiger partial charge is 0.179 e. The van der Waals surface area contributed by atoms with E-state index in [0.717, 1.165) is 18.3 Å². The highest BCUT2D eigenvalue weighted by atomic mass is 79.9. The summed E-state index contributed by atoms with van der Waals surface area (Å²) in [6.45, 7) is 14.2. The zero-order valence-electron chi connectivity index (χ0n) is 15.6. The molecule has 8 atom stereocenters. The van der Waals surface area contributed by atoms with Crippen LogP contribution in [0.25, 0.3) is 0 Å². The number of halogens is 1. The third kappa shape index (κ3) is 1.88. The summed E-state index contributed by atoms with van der Waals surface area (Å²) in [5.41, 5.74) is 0.729. The number of ether oxygens (including phenoxy) is 2. The van der Waals surface area contributed by atoms with Gasteiger partial charge < -0.3 is 9.47 Å². The summed E-state index contributed by atoms with van der Waals surface area (Å²) in [6.07, 6.45) is 6.63. The van der Waals surface area contributed by atoms with Gasteiger partial charge in [0.2, 0.25) is 0 Å². The maximum atomic E-state index is 6.79. The molecule has 3 aliphatic carbocycles. The average Bonchev–Trinajstić information content (AvgIpc) is 3.00. The molecule has 1 spiro atoms. The van der Waals surface area contributed by atoms with Crippen LogP contribution in [0.4, 0.5) is 0 Å². The van der Waals surface area contributed by atoms with Crippen molar-refractivity contribution >= 4 is 15.9 Å². The first-order valence-electron chi connectivity index (χ1n) is 9.62. The molecule has 0 aromatic carbocycles. The summed E-state index contributed by atoms with van der Waals surface area (Å²) >= 11 is 3.82. The molecule has 1 saturated heterocycles. The number of rotatable bonds is 2. The van der Waals surface area contributed by atoms with Crippen molar-refractivity contribution in [1.82, 2.24) is 0 Å². The molecule has 0 aromatic rings. The van der Waals surface area contributed by atoms with Gasteiger partial charge in [0.25, 0.3) is 0 Å². The summed E-state index contributed by atoms with van der Waals surface area (Å²) in [6, 6.07) is 0. The molecule has 1 heterocycles. The van der Waals surface area contributed by atoms with Crippen LogP contribution in [0.1, 0.15) is 73.6 Å². The lowest BCUT2D eigenvalue weighted by atomic mass is 9.63. The Bertz CT molecular complexity index is 520. The maximum Gasteiger partial charge on any atom is 0.179 e. The van der Waals surface area contributed by atoms with E-state index in [1.807, 2.05) is 0 Å². The van der Waals surface area contributed by atoms with Gasteiger partial charge in [-0.1, -0.05) is 43.6 Å². The quantitative estimate of drug-likeness (QED) is 0.582. The second-order valence-corrected chi connectivity index (χ2v) is 10.9. The van der Waals surface area contributed by atoms with Gasteiger partial charge in [-0.25, -0.2) is 0 Å². The molecular formula is C20H33BrO2. The minimum absolute atomic E-state index is 0.130. The number of alkyl halides is 1. The molecule has 1 aliphatic heterocycles. The van der Waals surface area contributed by atoms with Crippen LogP contribution in [-0.4, -0.2) is 22.3 Å². The van der Waals surface area contributed by atoms with Gasteiger partial charge in [0.05, 0.1) is 16.5 Å². The van der Waals surface area contributed by atoms with E-state index in [1.54, 1.807) is 0 Å². The zero-order chi connectivity index (χ0) is 16.8. The molecule has 4 rings (SSSR count). The molecular weight excluding hydrogens is 352 g/mol. The summed E-state index contributed by atoms with van der Waals surface area (Å²) in [4.78, 5) is 0.258. The van der Waals surface area contributed by atoms with E-state index in [9.17, 15) is 0 Å². The van der Waals surface area contributed by atoms with Crippen molar-refractivity contribution in [1.29, 1.82) is 0 Å². The molecule has 0 unspecified atom stereocenters. The molecule has 132 valence electrons. The fraction of sp³-hybridized carbons (Fsp3) is 1.00. The van der Waals surface area contributed by atoms with Gasteiger partial charge in [-0.3, -0.25) is 0 Å². The largest absolute Gasteiger partial charge is 0.343 e. The van der Waals surface area contributed by atoms with Crippen LogP contribution in [0.5, 0.6) is 0 Å². The van der Waals surface area contributed by atoms with Crippen LogP contribution in [0.3, 0.4) is 0 Å². The standard InChI is InChI=1S/C20H33BrO2/c1-7-15(21)19(6)22-16-11-20-10-14(18(16,5)23-19)17(3,4)13(20)9-8-12(20)2/h12-16H,7-11H2,1-6H3/t12-,13+,14-,15-,16+,18-,19-,20-/m1/s1. The molecule has 4 aliphatic rings. The third-order valence-electron chi connectivity index (χ3n) is 8.57. The van der Waals surface area contributed by atoms with Crippen molar-refractivity contribution in [2.75, 3.05) is 0 Å². The normalized spacial score (nSPS) is 58.0. The number of hydrogen-bond acceptors (Lipinski definition) is 2. The molecule has 4 fully saturated rings. The number of fused-ring (bicyclic) bond motifs is 3. The summed E-state index contributed by atoms with van der Waals surface area (Å²) in [5, 5.41) is 0. The van der Waals surface area contributed by atoms with Gasteiger partial charge in [-0.15, -0.1) is 0 Å². The molecule has 2 nitrogen and oxygen atoms in total. The molecule has 0 N–H and O–H groups in total. The minimum Gasteiger partial charge on any atom is -0.343 e. The topological polar surface area (TPSA) is 18.5 Å². The Labute approximate surface area is 150 Å². The average molecular weight is 385 g/mol. The lowest BCUT2D eigenvalue weighted by Gasteiger charge is -2.47. The van der Waals surface area contributed by atoms with Crippen LogP contribution in [0, 0.1) is 28.6 Å². The molecule has 0 radical (unpaired) electrons. The van der Waals surface area contributed by atoms with Crippen LogP contribution >= 0.6 is 15.9 Å². The fourth-order valence-electron chi connectivity index (χ4n) is 7.36. The van der Waals surface area contributed by atoms with Gasteiger partial charge in [0.15, 0.2) is 5.79 Å². The summed E-state index contributed by atoms with van der Waals surface area (Å²) < 4.78 is 13.5. The van der Waals surface area contributed by atoms with Crippen LogP contribution in [0.2, 0.25) is 0 Å². The minimum atomic E-state index is -0.483. The number of hydrogen-bond donors (Lipinski definition) is 0. The Morgan fingerprint density at radius 1 is 1.09 bits per heavy atom. The lowest BCUT2D eigenvalue weighted by molar-refractivity contribution is -0.188. The van der Waals surface area contributed by atoms with Gasteiger partial charge in [-0.2, -0.15) is 0 Å². The molecule has 23 heavy (non-hydrogen) atoms. The Morgan fingerprint density at radius 2 is 1.78 bits per heavy atom. The van der Waals surface area contributed by atoms with Gasteiger partial charge >= 0.3 is 0 Å². The van der Waals surface area contributed by atoms with Crippen molar-refractivity contribution in [2.45, 2.75) is 96.0 Å². The molecule has 3 saturated carbocycles. The van der Waals surface area contributed by atoms with Crippen LogP contribution in [-0.2, 0) is 9.47 Å². The first-order valence-corrected chi connectivity index (χ1v) is 10.5. The second-order valence-electron chi connectivity index (χ2n) is 9.83. The molecule has 0 amide bonds. The molecule has 0 aromatic heterocycles. The Hall–Kier alpha value is 0.400. The highest BCUT2D eigenvalue weighted by Gasteiger charge is 2.74.